The summed E-state index contributed by atoms with van der Waals surface area (Å²) in [6.45, 7) is 3.77. The monoisotopic (exact) mass is 328 g/mol. The second kappa shape index (κ2) is 7.90. The normalized spacial score (nSPS) is 20.9. The van der Waals surface area contributed by atoms with Crippen LogP contribution in [0, 0.1) is 0 Å². The lowest BCUT2D eigenvalue weighted by atomic mass is 10.4. The zero-order chi connectivity index (χ0) is 14.4. The van der Waals surface area contributed by atoms with Crippen LogP contribution in [0.3, 0.4) is 0 Å². The Morgan fingerprint density at radius 1 is 1.26 bits per heavy atom. The first-order chi connectivity index (χ1) is 8.93. The summed E-state index contributed by atoms with van der Waals surface area (Å²) in [5.74, 6) is 3.77. The molecule has 0 saturated carbocycles. The molecule has 4 nitrogen and oxygen atoms in total. The van der Waals surface area contributed by atoms with Crippen molar-refractivity contribution in [2.75, 3.05) is 34.5 Å². The van der Waals surface area contributed by atoms with Crippen LogP contribution in [-0.4, -0.2) is 48.7 Å². The molecule has 0 bridgehead atoms. The maximum absolute atomic E-state index is 12.0. The quantitative estimate of drug-likeness (QED) is 0.685. The minimum Gasteiger partial charge on any atom is -0.299 e. The fourth-order valence-corrected chi connectivity index (χ4v) is 10.1. The Hall–Kier alpha value is 0.280. The van der Waals surface area contributed by atoms with E-state index >= 15 is 0 Å². The van der Waals surface area contributed by atoms with Crippen molar-refractivity contribution < 1.29 is 16.8 Å². The zero-order valence-corrected chi connectivity index (χ0v) is 14.2. The Balaban J connectivity index is 2.76. The molecule has 0 aromatic carbocycles. The zero-order valence-electron chi connectivity index (χ0n) is 11.7. The van der Waals surface area contributed by atoms with Gasteiger partial charge < -0.3 is 0 Å². The lowest BCUT2D eigenvalue weighted by molar-refractivity contribution is -0.116. The minimum absolute atomic E-state index is 0.0751. The number of Topliss-reactive ketones (excluding diaryl/α,β-unsaturated/α-hetero) is 1. The third-order valence-corrected chi connectivity index (χ3v) is 10.0. The molecule has 0 aromatic rings. The number of rotatable bonds is 8. The van der Waals surface area contributed by atoms with E-state index in [1.54, 1.807) is 0 Å². The number of ketones is 1. The van der Waals surface area contributed by atoms with Crippen LogP contribution in [0.2, 0.25) is 0 Å². The van der Waals surface area contributed by atoms with Gasteiger partial charge >= 0.3 is 0 Å². The standard InChI is InChI=1S/C12H24O4S3/c1-3-5-8-19(14,15)16-18(11-12(13)4-2)9-6-17-7-10-18/h3-11H2,1-2H3. The van der Waals surface area contributed by atoms with Crippen molar-refractivity contribution >= 4 is 38.0 Å². The highest BCUT2D eigenvalue weighted by Gasteiger charge is 2.34. The van der Waals surface area contributed by atoms with E-state index in [1.165, 1.54) is 0 Å². The summed E-state index contributed by atoms with van der Waals surface area (Å²) < 4.78 is 29.6. The average molecular weight is 329 g/mol. The molecule has 1 heterocycles. The molecule has 0 amide bonds. The summed E-state index contributed by atoms with van der Waals surface area (Å²) in [6.07, 6.45) is 1.91. The van der Waals surface area contributed by atoms with Crippen LogP contribution in [0.25, 0.3) is 0 Å². The Morgan fingerprint density at radius 3 is 2.42 bits per heavy atom. The van der Waals surface area contributed by atoms with Gasteiger partial charge in [0.15, 0.2) is 0 Å². The van der Waals surface area contributed by atoms with Crippen LogP contribution < -0.4 is 0 Å². The molecule has 0 N–H and O–H groups in total. The van der Waals surface area contributed by atoms with Crippen molar-refractivity contribution in [2.24, 2.45) is 0 Å². The van der Waals surface area contributed by atoms with Gasteiger partial charge in [0.05, 0.1) is 11.5 Å². The molecule has 1 saturated heterocycles. The fraction of sp³-hybridized carbons (Fsp3) is 0.917. The lowest BCUT2D eigenvalue weighted by Crippen LogP contribution is -2.29. The maximum Gasteiger partial charge on any atom is 0.276 e. The smallest absolute Gasteiger partial charge is 0.276 e. The summed E-state index contributed by atoms with van der Waals surface area (Å²) in [5, 5.41) is 0. The van der Waals surface area contributed by atoms with E-state index in [2.05, 4.69) is 0 Å². The predicted octanol–water partition coefficient (Wildman–Crippen LogP) is 2.58. The third-order valence-electron chi connectivity index (χ3n) is 3.01. The van der Waals surface area contributed by atoms with Crippen LogP contribution in [0.15, 0.2) is 0 Å². The Kier molecular flexibility index (Phi) is 7.21. The minimum atomic E-state index is -3.48. The highest BCUT2D eigenvalue weighted by molar-refractivity contribution is 8.34. The molecule has 1 aliphatic rings. The van der Waals surface area contributed by atoms with E-state index in [0.717, 1.165) is 29.4 Å². The highest BCUT2D eigenvalue weighted by Crippen LogP contribution is 2.53. The molecule has 0 aliphatic carbocycles. The van der Waals surface area contributed by atoms with E-state index in [0.29, 0.717) is 18.6 Å². The van der Waals surface area contributed by atoms with Crippen LogP contribution in [0.4, 0.5) is 0 Å². The number of carbonyl (C=O) groups is 1. The molecule has 0 unspecified atom stereocenters. The van der Waals surface area contributed by atoms with Crippen molar-refractivity contribution in [3.8, 4) is 0 Å². The SMILES string of the molecule is CCCCS(=O)(=O)OS1(CC(=O)CC)CCSCC1. The van der Waals surface area contributed by atoms with Crippen molar-refractivity contribution in [3.05, 3.63) is 0 Å². The predicted molar refractivity (Wildman–Crippen MR) is 84.6 cm³/mol. The van der Waals surface area contributed by atoms with Crippen LogP contribution in [0.5, 0.6) is 0 Å². The van der Waals surface area contributed by atoms with Crippen LogP contribution in [0.1, 0.15) is 33.1 Å². The molecule has 19 heavy (non-hydrogen) atoms. The number of thioether (sulfide) groups is 1. The van der Waals surface area contributed by atoms with Gasteiger partial charge in [-0.15, -0.1) is 10.3 Å². The van der Waals surface area contributed by atoms with Gasteiger partial charge in [-0.2, -0.15) is 20.2 Å². The van der Waals surface area contributed by atoms with Gasteiger partial charge in [0.25, 0.3) is 10.1 Å². The van der Waals surface area contributed by atoms with E-state index in [1.807, 2.05) is 25.6 Å². The first-order valence-corrected chi connectivity index (χ1v) is 11.5. The van der Waals surface area contributed by atoms with Crippen LogP contribution in [-0.2, 0) is 18.5 Å². The molecular weight excluding hydrogens is 304 g/mol. The maximum atomic E-state index is 12.0. The average Bonchev–Trinajstić information content (AvgIpc) is 2.36. The van der Waals surface area contributed by atoms with Crippen molar-refractivity contribution in [1.82, 2.24) is 0 Å². The van der Waals surface area contributed by atoms with Gasteiger partial charge in [-0.3, -0.25) is 4.79 Å². The van der Waals surface area contributed by atoms with Gasteiger partial charge in [0.2, 0.25) is 0 Å². The Labute approximate surface area is 122 Å². The molecule has 0 spiro atoms. The molecule has 114 valence electrons. The number of hydrogen-bond donors (Lipinski definition) is 0. The van der Waals surface area contributed by atoms with E-state index < -0.39 is 20.4 Å². The lowest BCUT2D eigenvalue weighted by Gasteiger charge is -2.40. The molecule has 7 heteroatoms. The van der Waals surface area contributed by atoms with Crippen molar-refractivity contribution in [3.63, 3.8) is 0 Å². The van der Waals surface area contributed by atoms with Gasteiger partial charge in [-0.05, 0) is 6.42 Å². The first-order valence-electron chi connectivity index (χ1n) is 6.72. The van der Waals surface area contributed by atoms with Crippen molar-refractivity contribution in [1.29, 1.82) is 0 Å². The van der Waals surface area contributed by atoms with E-state index in [9.17, 15) is 13.2 Å². The summed E-state index contributed by atoms with van der Waals surface area (Å²) in [6, 6.07) is 0. The van der Waals surface area contributed by atoms with E-state index in [4.69, 9.17) is 3.63 Å². The summed E-state index contributed by atoms with van der Waals surface area (Å²) in [5.41, 5.74) is 0. The van der Waals surface area contributed by atoms with Crippen LogP contribution >= 0.6 is 22.1 Å². The molecule has 0 radical (unpaired) electrons. The molecule has 1 aliphatic heterocycles. The number of carbonyl (C=O) groups excluding carboxylic acids is 1. The number of hydrogen-bond acceptors (Lipinski definition) is 5. The number of unbranched alkanes of at least 4 members (excludes halogenated alkanes) is 1. The third kappa shape index (κ3) is 6.06. The Bertz CT molecular complexity index is 386. The molecule has 1 fully saturated rings. The topological polar surface area (TPSA) is 60.4 Å². The Morgan fingerprint density at radius 2 is 1.89 bits per heavy atom. The molecular formula is C12H24O4S3. The van der Waals surface area contributed by atoms with Crippen molar-refractivity contribution in [2.45, 2.75) is 33.1 Å². The summed E-state index contributed by atoms with van der Waals surface area (Å²) >= 11 is 1.81. The largest absolute Gasteiger partial charge is 0.299 e. The van der Waals surface area contributed by atoms with E-state index in [-0.39, 0.29) is 11.5 Å². The summed E-state index contributed by atoms with van der Waals surface area (Å²) in [7, 11) is -5.24. The summed E-state index contributed by atoms with van der Waals surface area (Å²) in [4.78, 5) is 11.7. The van der Waals surface area contributed by atoms with Gasteiger partial charge in [0.1, 0.15) is 5.78 Å². The van der Waals surface area contributed by atoms with Gasteiger partial charge in [-0.25, -0.2) is 3.63 Å². The molecule has 1 rings (SSSR count). The van der Waals surface area contributed by atoms with Gasteiger partial charge in [0, 0.05) is 29.4 Å². The fourth-order valence-electron chi connectivity index (χ4n) is 1.83. The first kappa shape index (κ1) is 17.3. The second-order valence-corrected chi connectivity index (χ2v) is 11.0. The second-order valence-electron chi connectivity index (χ2n) is 4.71. The van der Waals surface area contributed by atoms with Gasteiger partial charge in [-0.1, -0.05) is 20.3 Å². The molecule has 0 aromatic heterocycles. The highest BCUT2D eigenvalue weighted by atomic mass is 32.3. The molecule has 0 atom stereocenters.